The molecule has 2 atom stereocenters. The molecule has 146 valence electrons. The van der Waals surface area contributed by atoms with Gasteiger partial charge in [0.05, 0.1) is 18.6 Å². The van der Waals surface area contributed by atoms with Crippen LogP contribution in [0.3, 0.4) is 0 Å². The van der Waals surface area contributed by atoms with Crippen LogP contribution in [0.25, 0.3) is 0 Å². The van der Waals surface area contributed by atoms with Gasteiger partial charge < -0.3 is 14.9 Å². The lowest BCUT2D eigenvalue weighted by atomic mass is 9.96. The standard InChI is InChI=1S/C22H28N2O2.ClH/c1-23(22(26)20(17-25)18-10-4-2-5-11-18)21(16-24-14-8-9-15-24)19-12-6-3-7-13-19;/h2-7,10-13,20-21,25H,8-9,14-17H2,1H3;1H/t20?,21-;/m1./s1. The number of carbonyl (C=O) groups excluding carboxylic acids is 1. The second kappa shape index (κ2) is 10.5. The van der Waals surface area contributed by atoms with Gasteiger partial charge in [-0.3, -0.25) is 4.79 Å². The summed E-state index contributed by atoms with van der Waals surface area (Å²) in [6.07, 6.45) is 2.45. The van der Waals surface area contributed by atoms with Gasteiger partial charge in [-0.2, -0.15) is 0 Å². The molecule has 4 nitrogen and oxygen atoms in total. The minimum Gasteiger partial charge on any atom is -0.395 e. The van der Waals surface area contributed by atoms with Crippen molar-refractivity contribution in [2.24, 2.45) is 0 Å². The van der Waals surface area contributed by atoms with Crippen LogP contribution in [-0.4, -0.2) is 54.1 Å². The van der Waals surface area contributed by atoms with E-state index in [2.05, 4.69) is 17.0 Å². The molecule has 1 saturated heterocycles. The van der Waals surface area contributed by atoms with Crippen LogP contribution in [-0.2, 0) is 4.79 Å². The topological polar surface area (TPSA) is 43.8 Å². The molecular weight excluding hydrogens is 360 g/mol. The minimum absolute atomic E-state index is 0. The van der Waals surface area contributed by atoms with E-state index in [9.17, 15) is 9.90 Å². The van der Waals surface area contributed by atoms with Crippen LogP contribution in [0.5, 0.6) is 0 Å². The molecule has 0 saturated carbocycles. The summed E-state index contributed by atoms with van der Waals surface area (Å²) in [6, 6.07) is 19.7. The average molecular weight is 389 g/mol. The van der Waals surface area contributed by atoms with E-state index in [1.165, 1.54) is 12.8 Å². The predicted octanol–water partition coefficient (Wildman–Crippen LogP) is 3.48. The zero-order chi connectivity index (χ0) is 18.4. The highest BCUT2D eigenvalue weighted by atomic mass is 35.5. The Labute approximate surface area is 168 Å². The molecule has 0 spiro atoms. The van der Waals surface area contributed by atoms with Gasteiger partial charge >= 0.3 is 0 Å². The number of amides is 1. The number of hydrogen-bond donors (Lipinski definition) is 1. The van der Waals surface area contributed by atoms with Crippen molar-refractivity contribution in [2.45, 2.75) is 24.8 Å². The quantitative estimate of drug-likeness (QED) is 0.789. The van der Waals surface area contributed by atoms with Gasteiger partial charge in [-0.25, -0.2) is 0 Å². The van der Waals surface area contributed by atoms with E-state index in [4.69, 9.17) is 0 Å². The van der Waals surface area contributed by atoms with Crippen molar-refractivity contribution >= 4 is 18.3 Å². The smallest absolute Gasteiger partial charge is 0.232 e. The predicted molar refractivity (Wildman–Crippen MR) is 111 cm³/mol. The molecule has 1 aliphatic heterocycles. The second-order valence-corrected chi connectivity index (χ2v) is 7.03. The Morgan fingerprint density at radius 1 is 1.00 bits per heavy atom. The van der Waals surface area contributed by atoms with E-state index in [0.717, 1.165) is 30.8 Å². The third kappa shape index (κ3) is 5.32. The molecule has 0 radical (unpaired) electrons. The lowest BCUT2D eigenvalue weighted by molar-refractivity contribution is -0.135. The number of rotatable bonds is 7. The van der Waals surface area contributed by atoms with Crippen molar-refractivity contribution in [1.29, 1.82) is 0 Å². The van der Waals surface area contributed by atoms with Crippen molar-refractivity contribution in [3.05, 3.63) is 71.8 Å². The number of halogens is 1. The summed E-state index contributed by atoms with van der Waals surface area (Å²) in [5.41, 5.74) is 2.00. The first kappa shape index (κ1) is 21.4. The summed E-state index contributed by atoms with van der Waals surface area (Å²) in [6.45, 7) is 2.83. The molecule has 0 aliphatic carbocycles. The van der Waals surface area contributed by atoms with Gasteiger partial charge in [0.1, 0.15) is 0 Å². The zero-order valence-electron chi connectivity index (χ0n) is 15.8. The van der Waals surface area contributed by atoms with Gasteiger partial charge in [-0.15, -0.1) is 12.4 Å². The lowest BCUT2D eigenvalue weighted by Gasteiger charge is -2.34. The fourth-order valence-corrected chi connectivity index (χ4v) is 3.75. The molecule has 0 aromatic heterocycles. The van der Waals surface area contributed by atoms with Gasteiger partial charge in [0.15, 0.2) is 0 Å². The molecular formula is C22H29ClN2O2. The van der Waals surface area contributed by atoms with Gasteiger partial charge in [0.2, 0.25) is 5.91 Å². The van der Waals surface area contributed by atoms with Crippen molar-refractivity contribution in [3.63, 3.8) is 0 Å². The van der Waals surface area contributed by atoms with Crippen LogP contribution in [0, 0.1) is 0 Å². The third-order valence-corrected chi connectivity index (χ3v) is 5.31. The number of likely N-dealkylation sites (tertiary alicyclic amines) is 1. The van der Waals surface area contributed by atoms with Crippen molar-refractivity contribution in [1.82, 2.24) is 9.80 Å². The van der Waals surface area contributed by atoms with Crippen LogP contribution >= 0.6 is 12.4 Å². The highest BCUT2D eigenvalue weighted by Crippen LogP contribution is 2.27. The molecule has 27 heavy (non-hydrogen) atoms. The average Bonchev–Trinajstić information content (AvgIpc) is 3.21. The number of likely N-dealkylation sites (N-methyl/N-ethyl adjacent to an activating group) is 1. The Morgan fingerprint density at radius 3 is 2.04 bits per heavy atom. The maximum atomic E-state index is 13.2. The minimum atomic E-state index is -0.522. The molecule has 2 aromatic rings. The van der Waals surface area contributed by atoms with Crippen molar-refractivity contribution in [3.8, 4) is 0 Å². The Kier molecular flexibility index (Phi) is 8.29. The first-order chi connectivity index (χ1) is 12.7. The highest BCUT2D eigenvalue weighted by Gasteiger charge is 2.30. The van der Waals surface area contributed by atoms with E-state index in [-0.39, 0.29) is 31.0 Å². The van der Waals surface area contributed by atoms with Gasteiger partial charge in [-0.05, 0) is 37.1 Å². The molecule has 1 aliphatic rings. The first-order valence-corrected chi connectivity index (χ1v) is 9.40. The number of aliphatic hydroxyl groups excluding tert-OH is 1. The molecule has 2 aromatic carbocycles. The number of benzene rings is 2. The summed E-state index contributed by atoms with van der Waals surface area (Å²) >= 11 is 0. The third-order valence-electron chi connectivity index (χ3n) is 5.31. The fraction of sp³-hybridized carbons (Fsp3) is 0.409. The molecule has 3 rings (SSSR count). The summed E-state index contributed by atoms with van der Waals surface area (Å²) in [5.74, 6) is -0.558. The Balaban J connectivity index is 0.00000261. The molecule has 1 N–H and O–H groups in total. The van der Waals surface area contributed by atoms with E-state index >= 15 is 0 Å². The molecule has 1 unspecified atom stereocenters. The normalized spacial score (nSPS) is 16.4. The van der Waals surface area contributed by atoms with Crippen LogP contribution in [0.4, 0.5) is 0 Å². The summed E-state index contributed by atoms with van der Waals surface area (Å²) < 4.78 is 0. The molecule has 0 bridgehead atoms. The Bertz CT molecular complexity index is 690. The molecule has 1 heterocycles. The van der Waals surface area contributed by atoms with Crippen LogP contribution in [0.15, 0.2) is 60.7 Å². The number of hydrogen-bond acceptors (Lipinski definition) is 3. The summed E-state index contributed by atoms with van der Waals surface area (Å²) in [7, 11) is 1.86. The van der Waals surface area contributed by atoms with Gasteiger partial charge in [0.25, 0.3) is 0 Å². The maximum absolute atomic E-state index is 13.2. The van der Waals surface area contributed by atoms with Gasteiger partial charge in [0, 0.05) is 13.6 Å². The first-order valence-electron chi connectivity index (χ1n) is 9.40. The van der Waals surface area contributed by atoms with Crippen LogP contribution < -0.4 is 0 Å². The second-order valence-electron chi connectivity index (χ2n) is 7.03. The number of aliphatic hydroxyl groups is 1. The monoisotopic (exact) mass is 388 g/mol. The van der Waals surface area contributed by atoms with E-state index in [1.54, 1.807) is 0 Å². The van der Waals surface area contributed by atoms with Gasteiger partial charge in [-0.1, -0.05) is 60.7 Å². The Hall–Kier alpha value is -1.88. The lowest BCUT2D eigenvalue weighted by Crippen LogP contribution is -2.41. The SMILES string of the molecule is CN(C(=O)C(CO)c1ccccc1)[C@H](CN1CCCC1)c1ccccc1.Cl. The highest BCUT2D eigenvalue weighted by molar-refractivity contribution is 5.85. The Morgan fingerprint density at radius 2 is 1.52 bits per heavy atom. The van der Waals surface area contributed by atoms with Crippen molar-refractivity contribution < 1.29 is 9.90 Å². The number of carbonyl (C=O) groups is 1. The maximum Gasteiger partial charge on any atom is 0.232 e. The van der Waals surface area contributed by atoms with E-state index in [1.807, 2.05) is 60.5 Å². The molecule has 1 fully saturated rings. The largest absolute Gasteiger partial charge is 0.395 e. The van der Waals surface area contributed by atoms with Crippen molar-refractivity contribution in [2.75, 3.05) is 33.3 Å². The molecule has 5 heteroatoms. The van der Waals surface area contributed by atoms with Crippen LogP contribution in [0.1, 0.15) is 35.9 Å². The number of nitrogens with zero attached hydrogens (tertiary/aromatic N) is 2. The van der Waals surface area contributed by atoms with Crippen LogP contribution in [0.2, 0.25) is 0 Å². The fourth-order valence-electron chi connectivity index (χ4n) is 3.75. The molecule has 1 amide bonds. The summed E-state index contributed by atoms with van der Waals surface area (Å²) in [4.78, 5) is 17.5. The van der Waals surface area contributed by atoms with E-state index < -0.39 is 5.92 Å². The van der Waals surface area contributed by atoms with E-state index in [0.29, 0.717) is 0 Å². The zero-order valence-corrected chi connectivity index (χ0v) is 16.6. The summed E-state index contributed by atoms with van der Waals surface area (Å²) in [5, 5.41) is 9.88.